The molecule has 1 fully saturated rings. The lowest BCUT2D eigenvalue weighted by atomic mass is 9.78. The molecular weight excluding hydrogens is 168 g/mol. The lowest BCUT2D eigenvalue weighted by Crippen LogP contribution is -2.51. The molecule has 0 radical (unpaired) electrons. The van der Waals surface area contributed by atoms with Gasteiger partial charge in [-0.3, -0.25) is 9.59 Å². The molecule has 2 amide bonds. The van der Waals surface area contributed by atoms with Crippen LogP contribution in [0.4, 0.5) is 0 Å². The molecule has 1 rings (SSSR count). The molecule has 0 heterocycles. The van der Waals surface area contributed by atoms with Crippen LogP contribution in [0.2, 0.25) is 0 Å². The van der Waals surface area contributed by atoms with Crippen molar-refractivity contribution >= 4 is 11.8 Å². The van der Waals surface area contributed by atoms with Crippen molar-refractivity contribution in [2.24, 2.45) is 0 Å². The Morgan fingerprint density at radius 3 is 2.31 bits per heavy atom. The molecule has 74 valence electrons. The van der Waals surface area contributed by atoms with Crippen LogP contribution in [0.5, 0.6) is 0 Å². The molecule has 0 aromatic heterocycles. The van der Waals surface area contributed by atoms with E-state index in [0.29, 0.717) is 0 Å². The normalized spacial score (nSPS) is 18.6. The minimum Gasteiger partial charge on any atom is -0.359 e. The molecule has 0 saturated heterocycles. The SMILES string of the molecule is CNC(=O)CC(=O)NC1(C)CCC1. The van der Waals surface area contributed by atoms with E-state index in [-0.39, 0.29) is 23.8 Å². The Morgan fingerprint density at radius 2 is 1.92 bits per heavy atom. The van der Waals surface area contributed by atoms with Crippen molar-refractivity contribution in [1.82, 2.24) is 10.6 Å². The fourth-order valence-electron chi connectivity index (χ4n) is 1.45. The zero-order valence-corrected chi connectivity index (χ0v) is 8.14. The standard InChI is InChI=1S/C9H16N2O2/c1-9(4-3-5-9)11-8(13)6-7(12)10-2/h3-6H2,1-2H3,(H,10,12)(H,11,13). The topological polar surface area (TPSA) is 58.2 Å². The Morgan fingerprint density at radius 1 is 1.31 bits per heavy atom. The lowest BCUT2D eigenvalue weighted by molar-refractivity contribution is -0.130. The van der Waals surface area contributed by atoms with Gasteiger partial charge in [0, 0.05) is 12.6 Å². The van der Waals surface area contributed by atoms with Crippen LogP contribution in [-0.2, 0) is 9.59 Å². The Balaban J connectivity index is 2.28. The molecule has 1 aliphatic carbocycles. The van der Waals surface area contributed by atoms with Crippen LogP contribution in [0, 0.1) is 0 Å². The molecule has 4 nitrogen and oxygen atoms in total. The Kier molecular flexibility index (Phi) is 2.90. The largest absolute Gasteiger partial charge is 0.359 e. The second-order valence-corrected chi connectivity index (χ2v) is 3.81. The van der Waals surface area contributed by atoms with E-state index in [0.717, 1.165) is 19.3 Å². The summed E-state index contributed by atoms with van der Waals surface area (Å²) in [5.74, 6) is -0.415. The maximum Gasteiger partial charge on any atom is 0.229 e. The summed E-state index contributed by atoms with van der Waals surface area (Å²) < 4.78 is 0. The van der Waals surface area contributed by atoms with Crippen LogP contribution < -0.4 is 10.6 Å². The second-order valence-electron chi connectivity index (χ2n) is 3.81. The highest BCUT2D eigenvalue weighted by Gasteiger charge is 2.33. The van der Waals surface area contributed by atoms with E-state index in [2.05, 4.69) is 10.6 Å². The van der Waals surface area contributed by atoms with E-state index < -0.39 is 0 Å². The molecule has 0 aromatic rings. The van der Waals surface area contributed by atoms with Crippen molar-refractivity contribution < 1.29 is 9.59 Å². The van der Waals surface area contributed by atoms with Gasteiger partial charge in [0.15, 0.2) is 0 Å². The van der Waals surface area contributed by atoms with Gasteiger partial charge in [-0.2, -0.15) is 0 Å². The maximum absolute atomic E-state index is 11.2. The third-order valence-electron chi connectivity index (χ3n) is 2.50. The third kappa shape index (κ3) is 2.72. The summed E-state index contributed by atoms with van der Waals surface area (Å²) in [6, 6.07) is 0. The molecule has 13 heavy (non-hydrogen) atoms. The minimum atomic E-state index is -0.236. The summed E-state index contributed by atoms with van der Waals surface area (Å²) in [6.45, 7) is 2.01. The zero-order chi connectivity index (χ0) is 9.90. The molecule has 4 heteroatoms. The van der Waals surface area contributed by atoms with Gasteiger partial charge in [-0.25, -0.2) is 0 Å². The first-order valence-electron chi connectivity index (χ1n) is 4.57. The highest BCUT2D eigenvalue weighted by molar-refractivity contribution is 5.97. The van der Waals surface area contributed by atoms with Gasteiger partial charge in [0.1, 0.15) is 6.42 Å². The molecule has 1 saturated carbocycles. The van der Waals surface area contributed by atoms with Crippen molar-refractivity contribution in [3.63, 3.8) is 0 Å². The van der Waals surface area contributed by atoms with Crippen LogP contribution in [0.25, 0.3) is 0 Å². The first-order chi connectivity index (χ1) is 6.06. The monoisotopic (exact) mass is 184 g/mol. The van der Waals surface area contributed by atoms with Gasteiger partial charge in [-0.1, -0.05) is 0 Å². The van der Waals surface area contributed by atoms with Gasteiger partial charge < -0.3 is 10.6 Å². The first-order valence-corrected chi connectivity index (χ1v) is 4.57. The minimum absolute atomic E-state index is 0.0505. The van der Waals surface area contributed by atoms with Gasteiger partial charge in [0.05, 0.1) is 0 Å². The van der Waals surface area contributed by atoms with Gasteiger partial charge in [0.25, 0.3) is 0 Å². The average Bonchev–Trinajstić information content (AvgIpc) is 2.01. The molecule has 0 atom stereocenters. The first kappa shape index (κ1) is 10.0. The molecule has 1 aliphatic rings. The second kappa shape index (κ2) is 3.77. The Labute approximate surface area is 78.1 Å². The van der Waals surface area contributed by atoms with Crippen LogP contribution in [0.3, 0.4) is 0 Å². The molecule has 0 spiro atoms. The van der Waals surface area contributed by atoms with Gasteiger partial charge >= 0.3 is 0 Å². The molecule has 0 unspecified atom stereocenters. The summed E-state index contributed by atoms with van der Waals surface area (Å²) in [5, 5.41) is 5.28. The molecule has 0 aliphatic heterocycles. The predicted molar refractivity (Wildman–Crippen MR) is 49.1 cm³/mol. The molecule has 0 aromatic carbocycles. The molecule has 2 N–H and O–H groups in total. The van der Waals surface area contributed by atoms with E-state index >= 15 is 0 Å². The van der Waals surface area contributed by atoms with Crippen LogP contribution in [0.15, 0.2) is 0 Å². The third-order valence-corrected chi connectivity index (χ3v) is 2.50. The number of hydrogen-bond acceptors (Lipinski definition) is 2. The van der Waals surface area contributed by atoms with Crippen LogP contribution in [0.1, 0.15) is 32.6 Å². The fraction of sp³-hybridized carbons (Fsp3) is 0.778. The van der Waals surface area contributed by atoms with E-state index in [1.54, 1.807) is 0 Å². The summed E-state index contributed by atoms with van der Waals surface area (Å²) in [4.78, 5) is 22.1. The van der Waals surface area contributed by atoms with E-state index in [4.69, 9.17) is 0 Å². The van der Waals surface area contributed by atoms with E-state index in [9.17, 15) is 9.59 Å². The summed E-state index contributed by atoms with van der Waals surface area (Å²) >= 11 is 0. The maximum atomic E-state index is 11.2. The van der Waals surface area contributed by atoms with Gasteiger partial charge in [0.2, 0.25) is 11.8 Å². The van der Waals surface area contributed by atoms with Gasteiger partial charge in [-0.05, 0) is 26.2 Å². The van der Waals surface area contributed by atoms with Crippen molar-refractivity contribution in [3.05, 3.63) is 0 Å². The average molecular weight is 184 g/mol. The van der Waals surface area contributed by atoms with Crippen LogP contribution >= 0.6 is 0 Å². The van der Waals surface area contributed by atoms with Gasteiger partial charge in [-0.15, -0.1) is 0 Å². The number of nitrogens with one attached hydrogen (secondary N) is 2. The number of hydrogen-bond donors (Lipinski definition) is 2. The van der Waals surface area contributed by atoms with Crippen molar-refractivity contribution in [1.29, 1.82) is 0 Å². The number of amides is 2. The summed E-state index contributed by atoms with van der Waals surface area (Å²) in [5.41, 5.74) is -0.0505. The highest BCUT2D eigenvalue weighted by Crippen LogP contribution is 2.30. The Bertz CT molecular complexity index is 222. The lowest BCUT2D eigenvalue weighted by Gasteiger charge is -2.39. The van der Waals surface area contributed by atoms with E-state index in [1.807, 2.05) is 6.92 Å². The smallest absolute Gasteiger partial charge is 0.229 e. The zero-order valence-electron chi connectivity index (χ0n) is 8.14. The van der Waals surface area contributed by atoms with Crippen molar-refractivity contribution in [2.75, 3.05) is 7.05 Å². The highest BCUT2D eigenvalue weighted by atomic mass is 16.2. The van der Waals surface area contributed by atoms with Crippen molar-refractivity contribution in [3.8, 4) is 0 Å². The predicted octanol–water partition coefficient (Wildman–Crippen LogP) is 0.181. The van der Waals surface area contributed by atoms with Crippen LogP contribution in [-0.4, -0.2) is 24.4 Å². The number of carbonyl (C=O) groups is 2. The number of carbonyl (C=O) groups excluding carboxylic acids is 2. The van der Waals surface area contributed by atoms with E-state index in [1.165, 1.54) is 7.05 Å². The Hall–Kier alpha value is -1.06. The summed E-state index contributed by atoms with van der Waals surface area (Å²) in [6.07, 6.45) is 3.14. The number of rotatable bonds is 3. The quantitative estimate of drug-likeness (QED) is 0.615. The van der Waals surface area contributed by atoms with Crippen molar-refractivity contribution in [2.45, 2.75) is 38.1 Å². The fourth-order valence-corrected chi connectivity index (χ4v) is 1.45. The summed E-state index contributed by atoms with van der Waals surface area (Å²) in [7, 11) is 1.53. The molecule has 0 bridgehead atoms. The molecular formula is C9H16N2O2.